The average Bonchev–Trinajstić information content (AvgIpc) is 1.85. The molecule has 0 saturated heterocycles. The fourth-order valence-corrected chi connectivity index (χ4v) is 0.483. The van der Waals surface area contributed by atoms with E-state index in [-0.39, 0.29) is 6.42 Å². The molecule has 9 heavy (non-hydrogen) atoms. The molecule has 1 atom stereocenters. The van der Waals surface area contributed by atoms with Gasteiger partial charge < -0.3 is 14.6 Å². The Kier molecular flexibility index (Phi) is 5.46. The molecule has 0 unspecified atom stereocenters. The number of hydrogen-bond acceptors (Lipinski definition) is 3. The van der Waals surface area contributed by atoms with Crippen molar-refractivity contribution in [2.45, 2.75) is 18.9 Å². The fraction of sp³-hybridized carbons (Fsp3) is 0.833. The zero-order chi connectivity index (χ0) is 7.11. The Bertz CT molecular complexity index is 72.7. The highest BCUT2D eigenvalue weighted by molar-refractivity contribution is 5.49. The molecule has 0 aliphatic carbocycles. The van der Waals surface area contributed by atoms with E-state index in [1.54, 1.807) is 7.11 Å². The van der Waals surface area contributed by atoms with Gasteiger partial charge in [-0.2, -0.15) is 0 Å². The van der Waals surface area contributed by atoms with Crippen molar-refractivity contribution >= 4 is 6.29 Å². The molecule has 0 aliphatic heterocycles. The molecule has 0 aliphatic rings. The van der Waals surface area contributed by atoms with Gasteiger partial charge in [-0.25, -0.2) is 0 Å². The van der Waals surface area contributed by atoms with Gasteiger partial charge in [-0.3, -0.25) is 0 Å². The van der Waals surface area contributed by atoms with Crippen LogP contribution >= 0.6 is 0 Å². The highest BCUT2D eigenvalue weighted by atomic mass is 16.5. The van der Waals surface area contributed by atoms with Crippen LogP contribution in [0.3, 0.4) is 0 Å². The van der Waals surface area contributed by atoms with Crippen LogP contribution in [-0.4, -0.2) is 31.2 Å². The van der Waals surface area contributed by atoms with Crippen LogP contribution in [0.15, 0.2) is 0 Å². The molecule has 0 saturated carbocycles. The van der Waals surface area contributed by atoms with Crippen molar-refractivity contribution < 1.29 is 14.6 Å². The number of carbonyl (C=O) groups excluding carboxylic acids is 1. The van der Waals surface area contributed by atoms with Gasteiger partial charge in [0.25, 0.3) is 0 Å². The van der Waals surface area contributed by atoms with Crippen LogP contribution < -0.4 is 0 Å². The van der Waals surface area contributed by atoms with Crippen molar-refractivity contribution in [3.63, 3.8) is 0 Å². The molecule has 0 spiro atoms. The molecule has 1 N–H and O–H groups in total. The third-order valence-corrected chi connectivity index (χ3v) is 1.02. The van der Waals surface area contributed by atoms with Gasteiger partial charge in [0.1, 0.15) is 6.29 Å². The van der Waals surface area contributed by atoms with E-state index in [0.717, 1.165) is 0 Å². The van der Waals surface area contributed by atoms with E-state index in [9.17, 15) is 4.79 Å². The lowest BCUT2D eigenvalue weighted by Crippen LogP contribution is -2.09. The lowest BCUT2D eigenvalue weighted by Gasteiger charge is -2.03. The van der Waals surface area contributed by atoms with E-state index in [4.69, 9.17) is 5.11 Å². The molecule has 0 bridgehead atoms. The Labute approximate surface area is 54.6 Å². The summed E-state index contributed by atoms with van der Waals surface area (Å²) in [4.78, 5) is 9.78. The van der Waals surface area contributed by atoms with Gasteiger partial charge in [0, 0.05) is 20.1 Å². The number of aldehydes is 1. The summed E-state index contributed by atoms with van der Waals surface area (Å²) >= 11 is 0. The summed E-state index contributed by atoms with van der Waals surface area (Å²) in [6.45, 7) is 0.509. The number of aliphatic hydroxyl groups excluding tert-OH is 1. The second kappa shape index (κ2) is 5.72. The van der Waals surface area contributed by atoms with Gasteiger partial charge >= 0.3 is 0 Å². The number of aliphatic hydroxyl groups is 1. The van der Waals surface area contributed by atoms with Crippen LogP contribution in [0.25, 0.3) is 0 Å². The summed E-state index contributed by atoms with van der Waals surface area (Å²) in [6.07, 6.45) is 0.932. The number of carbonyl (C=O) groups is 1. The predicted octanol–water partition coefficient (Wildman–Crippen LogP) is -0.0272. The SMILES string of the molecule is COCC[C@@H](O)CC=O. The van der Waals surface area contributed by atoms with E-state index in [0.29, 0.717) is 19.3 Å². The summed E-state index contributed by atoms with van der Waals surface area (Å²) in [5, 5.41) is 8.87. The van der Waals surface area contributed by atoms with E-state index in [1.165, 1.54) is 0 Å². The topological polar surface area (TPSA) is 46.5 Å². The molecule has 0 aromatic heterocycles. The van der Waals surface area contributed by atoms with Crippen molar-refractivity contribution in [1.29, 1.82) is 0 Å². The van der Waals surface area contributed by atoms with Gasteiger partial charge in [0.05, 0.1) is 6.10 Å². The van der Waals surface area contributed by atoms with Crippen LogP contribution in [0.4, 0.5) is 0 Å². The first kappa shape index (κ1) is 8.59. The number of rotatable bonds is 5. The predicted molar refractivity (Wildman–Crippen MR) is 33.2 cm³/mol. The minimum atomic E-state index is -0.526. The maximum Gasteiger partial charge on any atom is 0.122 e. The third kappa shape index (κ3) is 5.46. The second-order valence-electron chi connectivity index (χ2n) is 1.84. The second-order valence-corrected chi connectivity index (χ2v) is 1.84. The minimum absolute atomic E-state index is 0.212. The Balaban J connectivity index is 3.04. The molecule has 3 heteroatoms. The van der Waals surface area contributed by atoms with Gasteiger partial charge in [0.2, 0.25) is 0 Å². The van der Waals surface area contributed by atoms with Gasteiger partial charge in [0.15, 0.2) is 0 Å². The summed E-state index contributed by atoms with van der Waals surface area (Å²) in [5.74, 6) is 0. The maximum atomic E-state index is 9.78. The van der Waals surface area contributed by atoms with Crippen LogP contribution in [0.1, 0.15) is 12.8 Å². The zero-order valence-corrected chi connectivity index (χ0v) is 5.54. The smallest absolute Gasteiger partial charge is 0.122 e. The summed E-state index contributed by atoms with van der Waals surface area (Å²) < 4.78 is 4.68. The van der Waals surface area contributed by atoms with Crippen molar-refractivity contribution in [2.24, 2.45) is 0 Å². The molecule has 0 aromatic carbocycles. The Morgan fingerprint density at radius 2 is 2.44 bits per heavy atom. The average molecular weight is 132 g/mol. The Hall–Kier alpha value is -0.410. The molecule has 0 radical (unpaired) electrons. The van der Waals surface area contributed by atoms with E-state index >= 15 is 0 Å². The van der Waals surface area contributed by atoms with Crippen molar-refractivity contribution in [3.8, 4) is 0 Å². The molecular weight excluding hydrogens is 120 g/mol. The lowest BCUT2D eigenvalue weighted by molar-refractivity contribution is -0.109. The molecule has 0 fully saturated rings. The first-order valence-corrected chi connectivity index (χ1v) is 2.92. The Morgan fingerprint density at radius 3 is 2.89 bits per heavy atom. The molecule has 0 heterocycles. The van der Waals surface area contributed by atoms with Gasteiger partial charge in [-0.15, -0.1) is 0 Å². The number of hydrogen-bond donors (Lipinski definition) is 1. The first-order valence-electron chi connectivity index (χ1n) is 2.92. The maximum absolute atomic E-state index is 9.78. The Morgan fingerprint density at radius 1 is 1.78 bits per heavy atom. The summed E-state index contributed by atoms with van der Waals surface area (Å²) in [6, 6.07) is 0. The standard InChI is InChI=1S/C6H12O3/c1-9-5-3-6(8)2-4-7/h4,6,8H,2-3,5H2,1H3/t6-/m0/s1. The molecule has 3 nitrogen and oxygen atoms in total. The van der Waals surface area contributed by atoms with E-state index in [2.05, 4.69) is 4.74 Å². The van der Waals surface area contributed by atoms with E-state index < -0.39 is 6.10 Å². The monoisotopic (exact) mass is 132 g/mol. The van der Waals surface area contributed by atoms with E-state index in [1.807, 2.05) is 0 Å². The van der Waals surface area contributed by atoms with Crippen LogP contribution in [-0.2, 0) is 9.53 Å². The first-order chi connectivity index (χ1) is 4.31. The largest absolute Gasteiger partial charge is 0.393 e. The molecule has 0 rings (SSSR count). The van der Waals surface area contributed by atoms with Crippen LogP contribution in [0.2, 0.25) is 0 Å². The summed E-state index contributed by atoms with van der Waals surface area (Å²) in [5.41, 5.74) is 0. The summed E-state index contributed by atoms with van der Waals surface area (Å²) in [7, 11) is 1.56. The highest BCUT2D eigenvalue weighted by Gasteiger charge is 2.00. The minimum Gasteiger partial charge on any atom is -0.393 e. The quantitative estimate of drug-likeness (QED) is 0.534. The van der Waals surface area contributed by atoms with Crippen molar-refractivity contribution in [1.82, 2.24) is 0 Å². The molecular formula is C6H12O3. The molecule has 0 amide bonds. The molecule has 54 valence electrons. The molecule has 0 aromatic rings. The normalized spacial score (nSPS) is 13.1. The third-order valence-electron chi connectivity index (χ3n) is 1.02. The van der Waals surface area contributed by atoms with Crippen LogP contribution in [0.5, 0.6) is 0 Å². The number of methoxy groups -OCH3 is 1. The zero-order valence-electron chi connectivity index (χ0n) is 5.54. The number of ether oxygens (including phenoxy) is 1. The van der Waals surface area contributed by atoms with Gasteiger partial charge in [-0.1, -0.05) is 0 Å². The van der Waals surface area contributed by atoms with Crippen LogP contribution in [0, 0.1) is 0 Å². The lowest BCUT2D eigenvalue weighted by atomic mass is 10.2. The fourth-order valence-electron chi connectivity index (χ4n) is 0.483. The highest BCUT2D eigenvalue weighted by Crippen LogP contribution is 1.93. The van der Waals surface area contributed by atoms with Gasteiger partial charge in [-0.05, 0) is 6.42 Å². The van der Waals surface area contributed by atoms with Crippen molar-refractivity contribution in [2.75, 3.05) is 13.7 Å². The van der Waals surface area contributed by atoms with Crippen molar-refractivity contribution in [3.05, 3.63) is 0 Å².